The number of carbonyl (C=O) groups excluding carboxylic acids is 4. The Morgan fingerprint density at radius 3 is 2.14 bits per heavy atom. The quantitative estimate of drug-likeness (QED) is 0.108. The third kappa shape index (κ3) is 8.18. The third-order valence-corrected chi connectivity index (χ3v) is 15.6. The number of amides is 1. The number of ether oxygens (including phenoxy) is 4. The van der Waals surface area contributed by atoms with Crippen molar-refractivity contribution in [2.24, 2.45) is 45.3 Å². The van der Waals surface area contributed by atoms with Crippen LogP contribution < -0.4 is 5.32 Å². The second-order valence-corrected chi connectivity index (χ2v) is 20.6. The summed E-state index contributed by atoms with van der Waals surface area (Å²) >= 11 is 0. The summed E-state index contributed by atoms with van der Waals surface area (Å²) in [7, 11) is 1.23. The van der Waals surface area contributed by atoms with Gasteiger partial charge >= 0.3 is 17.9 Å². The number of fused-ring (bicyclic) bond motifs is 4. The lowest BCUT2D eigenvalue weighted by molar-refractivity contribution is -0.251. The van der Waals surface area contributed by atoms with Crippen LogP contribution in [0.3, 0.4) is 0 Å². The molecule has 13 heteroatoms. The Balaban J connectivity index is 1.41. The Morgan fingerprint density at radius 2 is 1.58 bits per heavy atom. The molecule has 324 valence electrons. The summed E-state index contributed by atoms with van der Waals surface area (Å²) < 4.78 is 23.0. The van der Waals surface area contributed by atoms with Crippen LogP contribution in [0.1, 0.15) is 140 Å². The van der Waals surface area contributed by atoms with Crippen LogP contribution in [0.15, 0.2) is 11.1 Å². The fraction of sp³-hybridized carbons (Fsp3) is 0.864. The van der Waals surface area contributed by atoms with E-state index in [4.69, 9.17) is 18.9 Å². The number of hydrogen-bond donors (Lipinski definition) is 5. The maximum Gasteiger partial charge on any atom is 0.328 e. The smallest absolute Gasteiger partial charge is 0.328 e. The number of nitrogens with one attached hydrogen (secondary N) is 1. The lowest BCUT2D eigenvalue weighted by Crippen LogP contribution is -2.63. The first kappa shape index (κ1) is 45.5. The van der Waals surface area contributed by atoms with Crippen molar-refractivity contribution >= 4 is 23.8 Å². The highest BCUT2D eigenvalue weighted by Crippen LogP contribution is 2.73. The third-order valence-electron chi connectivity index (χ3n) is 15.6. The van der Waals surface area contributed by atoms with Crippen LogP contribution in [0.4, 0.5) is 0 Å². The molecule has 1 saturated heterocycles. The van der Waals surface area contributed by atoms with Gasteiger partial charge in [-0.2, -0.15) is 0 Å². The summed E-state index contributed by atoms with van der Waals surface area (Å²) in [6, 6.07) is -0.920. The van der Waals surface area contributed by atoms with Crippen LogP contribution in [-0.4, -0.2) is 99.3 Å². The summed E-state index contributed by atoms with van der Waals surface area (Å²) in [5, 5.41) is 48.2. The number of aliphatic hydroxyl groups is 4. The van der Waals surface area contributed by atoms with E-state index in [0.717, 1.165) is 25.7 Å². The maximum atomic E-state index is 13.7. The van der Waals surface area contributed by atoms with Gasteiger partial charge in [0.25, 0.3) is 0 Å². The summed E-state index contributed by atoms with van der Waals surface area (Å²) in [5.41, 5.74) is -2.53. The minimum absolute atomic E-state index is 0.00807. The standard InChI is InChI=1S/C44H71NO12/c1-23(2)35(38(51)54-12)45-33(48)21-41(8,53)22-34(49)56-29-20-42(9)28-19-31(47)44(11)26(25-13-16-32(40(6,7)52)57-37(25)50)17-18-43(44,10)27(28)14-15-30(42)39(4,5)36(29)55-24(3)46/h23,25-26,29-32,35-37,47,50,52-53H,13-22H2,1-12H3,(H,45,48). The number of hydrogen-bond acceptors (Lipinski definition) is 12. The van der Waals surface area contributed by atoms with Crippen molar-refractivity contribution in [1.29, 1.82) is 0 Å². The Morgan fingerprint density at radius 1 is 0.930 bits per heavy atom. The van der Waals surface area contributed by atoms with E-state index in [1.807, 2.05) is 13.8 Å². The molecule has 57 heavy (non-hydrogen) atoms. The molecule has 13 unspecified atom stereocenters. The zero-order chi connectivity index (χ0) is 42.8. The minimum atomic E-state index is -1.81. The molecule has 5 N–H and O–H groups in total. The molecule has 1 heterocycles. The molecular formula is C44H71NO12. The molecule has 1 amide bonds. The van der Waals surface area contributed by atoms with Gasteiger partial charge in [-0.05, 0) is 101 Å². The van der Waals surface area contributed by atoms with Gasteiger partial charge in [-0.25, -0.2) is 4.79 Å². The number of esters is 3. The minimum Gasteiger partial charge on any atom is -0.467 e. The summed E-state index contributed by atoms with van der Waals surface area (Å²) in [6.45, 7) is 20.3. The molecule has 0 aromatic rings. The lowest BCUT2D eigenvalue weighted by Gasteiger charge is -2.64. The monoisotopic (exact) mass is 805 g/mol. The van der Waals surface area contributed by atoms with Gasteiger partial charge in [0.05, 0.1) is 43.4 Å². The van der Waals surface area contributed by atoms with Crippen LogP contribution in [0, 0.1) is 45.3 Å². The predicted octanol–water partition coefficient (Wildman–Crippen LogP) is 4.89. The SMILES string of the molecule is COC(=O)C(NC(=O)CC(C)(O)CC(=O)OC1CC2(C)C3=C(CCC2C(C)(C)C1OC(C)=O)C1(C)CCC(C2CCC(C(C)(C)O)OC2O)C1(C)C(O)C3)C(C)C. The first-order valence-electron chi connectivity index (χ1n) is 21.1. The van der Waals surface area contributed by atoms with E-state index in [1.165, 1.54) is 32.1 Å². The molecule has 13 nitrogen and oxygen atoms in total. The Kier molecular flexibility index (Phi) is 12.6. The average Bonchev–Trinajstić information content (AvgIpc) is 3.36. The molecule has 0 aromatic heterocycles. The van der Waals surface area contributed by atoms with Gasteiger partial charge in [-0.1, -0.05) is 59.6 Å². The van der Waals surface area contributed by atoms with Gasteiger partial charge in [-0.3, -0.25) is 14.4 Å². The van der Waals surface area contributed by atoms with E-state index in [0.29, 0.717) is 25.7 Å². The van der Waals surface area contributed by atoms with E-state index in [9.17, 15) is 39.6 Å². The highest BCUT2D eigenvalue weighted by molar-refractivity contribution is 5.85. The topological polar surface area (TPSA) is 198 Å². The molecule has 1 aliphatic heterocycles. The number of rotatable bonds is 11. The molecule has 5 aliphatic rings. The van der Waals surface area contributed by atoms with Crippen molar-refractivity contribution < 1.29 is 58.6 Å². The summed E-state index contributed by atoms with van der Waals surface area (Å²) in [6.07, 6.45) is 0.419. The fourth-order valence-electron chi connectivity index (χ4n) is 12.5. The first-order valence-corrected chi connectivity index (χ1v) is 21.1. The molecule has 2 saturated carbocycles. The van der Waals surface area contributed by atoms with E-state index < -0.39 is 101 Å². The van der Waals surface area contributed by atoms with Crippen LogP contribution in [0.5, 0.6) is 0 Å². The van der Waals surface area contributed by atoms with Crippen molar-refractivity contribution in [3.63, 3.8) is 0 Å². The second kappa shape index (κ2) is 15.8. The fourth-order valence-corrected chi connectivity index (χ4v) is 12.5. The molecule has 0 aromatic carbocycles. The second-order valence-electron chi connectivity index (χ2n) is 20.6. The van der Waals surface area contributed by atoms with E-state index in [2.05, 4.69) is 26.1 Å². The molecule has 0 radical (unpaired) electrons. The van der Waals surface area contributed by atoms with E-state index >= 15 is 0 Å². The molecule has 0 bridgehead atoms. The van der Waals surface area contributed by atoms with Crippen molar-refractivity contribution in [1.82, 2.24) is 5.32 Å². The molecule has 0 spiro atoms. The Labute approximate surface area is 339 Å². The van der Waals surface area contributed by atoms with Crippen LogP contribution in [0.25, 0.3) is 0 Å². The normalized spacial score (nSPS) is 39.2. The lowest BCUT2D eigenvalue weighted by atomic mass is 9.42. The number of carbonyl (C=O) groups is 4. The number of methoxy groups -OCH3 is 1. The molecule has 5 rings (SSSR count). The van der Waals surface area contributed by atoms with Gasteiger partial charge in [0.2, 0.25) is 5.91 Å². The zero-order valence-electron chi connectivity index (χ0n) is 36.4. The largest absolute Gasteiger partial charge is 0.467 e. The highest BCUT2D eigenvalue weighted by Gasteiger charge is 2.68. The number of aliphatic hydroxyl groups excluding tert-OH is 2. The van der Waals surface area contributed by atoms with Gasteiger partial charge in [-0.15, -0.1) is 0 Å². The Hall–Kier alpha value is -2.58. The highest BCUT2D eigenvalue weighted by atomic mass is 16.6. The van der Waals surface area contributed by atoms with Gasteiger partial charge in [0.15, 0.2) is 6.29 Å². The van der Waals surface area contributed by atoms with Crippen molar-refractivity contribution in [2.75, 3.05) is 7.11 Å². The number of allylic oxidation sites excluding steroid dienone is 1. The first-order chi connectivity index (χ1) is 26.1. The molecule has 13 atom stereocenters. The van der Waals surface area contributed by atoms with E-state index in [-0.39, 0.29) is 29.1 Å². The van der Waals surface area contributed by atoms with Crippen LogP contribution in [-0.2, 0) is 38.1 Å². The van der Waals surface area contributed by atoms with Gasteiger partial charge < -0.3 is 44.7 Å². The van der Waals surface area contributed by atoms with Crippen LogP contribution >= 0.6 is 0 Å². The van der Waals surface area contributed by atoms with Gasteiger partial charge in [0, 0.05) is 23.7 Å². The van der Waals surface area contributed by atoms with Crippen molar-refractivity contribution in [2.45, 2.75) is 188 Å². The predicted molar refractivity (Wildman–Crippen MR) is 210 cm³/mol. The van der Waals surface area contributed by atoms with Crippen molar-refractivity contribution in [3.05, 3.63) is 11.1 Å². The molecular weight excluding hydrogens is 734 g/mol. The maximum absolute atomic E-state index is 13.7. The Bertz CT molecular complexity index is 1600. The average molecular weight is 806 g/mol. The van der Waals surface area contributed by atoms with Gasteiger partial charge in [0.1, 0.15) is 18.2 Å². The summed E-state index contributed by atoms with van der Waals surface area (Å²) in [5.74, 6) is -2.94. The van der Waals surface area contributed by atoms with Crippen molar-refractivity contribution in [3.8, 4) is 0 Å². The molecule has 4 aliphatic carbocycles. The zero-order valence-corrected chi connectivity index (χ0v) is 36.4. The molecule has 3 fully saturated rings. The van der Waals surface area contributed by atoms with Crippen LogP contribution in [0.2, 0.25) is 0 Å². The summed E-state index contributed by atoms with van der Waals surface area (Å²) in [4.78, 5) is 51.5. The van der Waals surface area contributed by atoms with E-state index in [1.54, 1.807) is 27.7 Å².